The summed E-state index contributed by atoms with van der Waals surface area (Å²) in [5.74, 6) is -0.414. The van der Waals surface area contributed by atoms with Crippen molar-refractivity contribution in [3.63, 3.8) is 0 Å². The Morgan fingerprint density at radius 2 is 2.00 bits per heavy atom. The highest BCUT2D eigenvalue weighted by atomic mass is 16.4. The molecule has 0 aliphatic carbocycles. The molecule has 2 heterocycles. The Kier molecular flexibility index (Phi) is 2.98. The fourth-order valence-electron chi connectivity index (χ4n) is 3.11. The van der Waals surface area contributed by atoms with Gasteiger partial charge >= 0.3 is 5.97 Å². The highest BCUT2D eigenvalue weighted by Gasteiger charge is 2.42. The second-order valence-corrected chi connectivity index (χ2v) is 5.00. The molecule has 3 unspecified atom stereocenters. The number of hydrogen-bond donors (Lipinski definition) is 1. The number of aliphatic carboxylic acids is 1. The summed E-state index contributed by atoms with van der Waals surface area (Å²) >= 11 is 0. The molecule has 3 atom stereocenters. The van der Waals surface area contributed by atoms with E-state index in [0.29, 0.717) is 12.0 Å². The van der Waals surface area contributed by atoms with E-state index in [1.807, 2.05) is 0 Å². The van der Waals surface area contributed by atoms with Crippen molar-refractivity contribution in [2.45, 2.75) is 18.9 Å². The maximum absolute atomic E-state index is 11.2. The molecule has 4 heteroatoms. The third-order valence-electron chi connectivity index (χ3n) is 4.02. The number of likely N-dealkylation sites (tertiary alicyclic amines) is 2. The number of hydrogen-bond acceptors (Lipinski definition) is 3. The van der Waals surface area contributed by atoms with Crippen molar-refractivity contribution in [3.05, 3.63) is 0 Å². The molecule has 0 bridgehead atoms. The van der Waals surface area contributed by atoms with Gasteiger partial charge in [0.25, 0.3) is 0 Å². The van der Waals surface area contributed by atoms with Crippen LogP contribution in [0.2, 0.25) is 0 Å². The third kappa shape index (κ3) is 2.01. The molecule has 2 aliphatic heterocycles. The molecule has 15 heavy (non-hydrogen) atoms. The smallest absolute Gasteiger partial charge is 0.306 e. The van der Waals surface area contributed by atoms with E-state index < -0.39 is 5.97 Å². The Labute approximate surface area is 90.9 Å². The topological polar surface area (TPSA) is 43.8 Å². The van der Waals surface area contributed by atoms with Gasteiger partial charge in [-0.2, -0.15) is 0 Å². The molecule has 0 radical (unpaired) electrons. The van der Waals surface area contributed by atoms with Crippen LogP contribution < -0.4 is 0 Å². The van der Waals surface area contributed by atoms with E-state index in [1.54, 1.807) is 0 Å². The van der Waals surface area contributed by atoms with Crippen molar-refractivity contribution in [1.82, 2.24) is 9.80 Å². The molecule has 2 fully saturated rings. The SMILES string of the molecule is CN1CCC2C(C1)C(C(=O)O)CCN2C. The maximum atomic E-state index is 11.2. The number of fused-ring (bicyclic) bond motifs is 1. The van der Waals surface area contributed by atoms with Crippen molar-refractivity contribution < 1.29 is 9.90 Å². The van der Waals surface area contributed by atoms with Crippen LogP contribution in [0, 0.1) is 11.8 Å². The van der Waals surface area contributed by atoms with Crippen LogP contribution in [-0.2, 0) is 4.79 Å². The van der Waals surface area contributed by atoms with Crippen molar-refractivity contribution >= 4 is 5.97 Å². The highest BCUT2D eigenvalue weighted by Crippen LogP contribution is 2.33. The van der Waals surface area contributed by atoms with E-state index in [1.165, 1.54) is 0 Å². The van der Waals surface area contributed by atoms with Gasteiger partial charge in [0.15, 0.2) is 0 Å². The van der Waals surface area contributed by atoms with Crippen LogP contribution in [-0.4, -0.2) is 60.6 Å². The lowest BCUT2D eigenvalue weighted by Crippen LogP contribution is -2.56. The molecule has 1 N–H and O–H groups in total. The van der Waals surface area contributed by atoms with Gasteiger partial charge in [-0.05, 0) is 40.0 Å². The van der Waals surface area contributed by atoms with Crippen molar-refractivity contribution in [3.8, 4) is 0 Å². The fourth-order valence-corrected chi connectivity index (χ4v) is 3.11. The summed E-state index contributed by atoms with van der Waals surface area (Å²) in [6.07, 6.45) is 1.92. The number of carbonyl (C=O) groups is 1. The minimum atomic E-state index is -0.603. The standard InChI is InChI=1S/C11H20N2O2/c1-12-5-4-10-9(7-12)8(11(14)15)3-6-13(10)2/h8-10H,3-7H2,1-2H3,(H,14,15). The summed E-state index contributed by atoms with van der Waals surface area (Å²) in [6.45, 7) is 2.96. The molecule has 86 valence electrons. The Balaban J connectivity index is 2.14. The van der Waals surface area contributed by atoms with Crippen LogP contribution in [0.4, 0.5) is 0 Å². The molecule has 0 amide bonds. The van der Waals surface area contributed by atoms with Gasteiger partial charge in [-0.15, -0.1) is 0 Å². The number of carboxylic acids is 1. The predicted molar refractivity (Wildman–Crippen MR) is 57.8 cm³/mol. The lowest BCUT2D eigenvalue weighted by molar-refractivity contribution is -0.148. The molecule has 0 aromatic heterocycles. The molecular formula is C11H20N2O2. The quantitative estimate of drug-likeness (QED) is 0.681. The second-order valence-electron chi connectivity index (χ2n) is 5.00. The fraction of sp³-hybridized carbons (Fsp3) is 0.909. The highest BCUT2D eigenvalue weighted by molar-refractivity contribution is 5.70. The molecule has 2 aliphatic rings. The van der Waals surface area contributed by atoms with Crippen LogP contribution >= 0.6 is 0 Å². The average Bonchev–Trinajstić information content (AvgIpc) is 2.17. The largest absolute Gasteiger partial charge is 0.481 e. The Bertz CT molecular complexity index is 257. The van der Waals surface area contributed by atoms with Crippen molar-refractivity contribution in [2.75, 3.05) is 33.7 Å². The normalized spacial score (nSPS) is 38.7. The monoisotopic (exact) mass is 212 g/mol. The molecule has 0 aromatic rings. The number of piperidine rings is 2. The Morgan fingerprint density at radius 1 is 1.27 bits per heavy atom. The number of nitrogens with zero attached hydrogens (tertiary/aromatic N) is 2. The number of rotatable bonds is 1. The van der Waals surface area contributed by atoms with Crippen LogP contribution in [0.5, 0.6) is 0 Å². The van der Waals surface area contributed by atoms with E-state index in [0.717, 1.165) is 32.5 Å². The Hall–Kier alpha value is -0.610. The van der Waals surface area contributed by atoms with Gasteiger partial charge in [0.2, 0.25) is 0 Å². The van der Waals surface area contributed by atoms with E-state index in [4.69, 9.17) is 0 Å². The van der Waals surface area contributed by atoms with Crippen molar-refractivity contribution in [2.24, 2.45) is 11.8 Å². The van der Waals surface area contributed by atoms with Crippen molar-refractivity contribution in [1.29, 1.82) is 0 Å². The zero-order valence-electron chi connectivity index (χ0n) is 9.52. The summed E-state index contributed by atoms with van der Waals surface area (Å²) in [6, 6.07) is 0.482. The maximum Gasteiger partial charge on any atom is 0.306 e. The molecule has 4 nitrogen and oxygen atoms in total. The first-order chi connectivity index (χ1) is 7.09. The van der Waals surface area contributed by atoms with E-state index in [-0.39, 0.29) is 5.92 Å². The van der Waals surface area contributed by atoms with E-state index >= 15 is 0 Å². The summed E-state index contributed by atoms with van der Waals surface area (Å²) < 4.78 is 0. The minimum absolute atomic E-state index is 0.131. The van der Waals surface area contributed by atoms with E-state index in [2.05, 4.69) is 23.9 Å². The molecule has 0 spiro atoms. The molecular weight excluding hydrogens is 192 g/mol. The van der Waals surface area contributed by atoms with Crippen LogP contribution in [0.1, 0.15) is 12.8 Å². The lowest BCUT2D eigenvalue weighted by Gasteiger charge is -2.47. The van der Waals surface area contributed by atoms with Gasteiger partial charge in [0.1, 0.15) is 0 Å². The van der Waals surface area contributed by atoms with Gasteiger partial charge < -0.3 is 14.9 Å². The van der Waals surface area contributed by atoms with E-state index in [9.17, 15) is 9.90 Å². The number of carboxylic acid groups (broad SMARTS) is 1. The Morgan fingerprint density at radius 3 is 2.67 bits per heavy atom. The summed E-state index contributed by atoms with van der Waals surface area (Å²) in [5.41, 5.74) is 0. The van der Waals surface area contributed by atoms with Gasteiger partial charge in [0, 0.05) is 18.5 Å². The first-order valence-electron chi connectivity index (χ1n) is 5.71. The third-order valence-corrected chi connectivity index (χ3v) is 4.02. The summed E-state index contributed by atoms with van der Waals surface area (Å²) in [4.78, 5) is 15.8. The first-order valence-corrected chi connectivity index (χ1v) is 5.71. The van der Waals surface area contributed by atoms with Gasteiger partial charge in [-0.3, -0.25) is 4.79 Å². The molecule has 0 aromatic carbocycles. The van der Waals surface area contributed by atoms with Gasteiger partial charge in [-0.1, -0.05) is 0 Å². The zero-order chi connectivity index (χ0) is 11.0. The molecule has 2 rings (SSSR count). The predicted octanol–water partition coefficient (Wildman–Crippen LogP) is 0.343. The second kappa shape index (κ2) is 4.10. The minimum Gasteiger partial charge on any atom is -0.481 e. The summed E-state index contributed by atoms with van der Waals surface area (Å²) in [5, 5.41) is 9.21. The van der Waals surface area contributed by atoms with Crippen LogP contribution in [0.25, 0.3) is 0 Å². The van der Waals surface area contributed by atoms with Crippen LogP contribution in [0.15, 0.2) is 0 Å². The zero-order valence-corrected chi connectivity index (χ0v) is 9.52. The van der Waals surface area contributed by atoms with Gasteiger partial charge in [0.05, 0.1) is 5.92 Å². The lowest BCUT2D eigenvalue weighted by atomic mass is 9.76. The average molecular weight is 212 g/mol. The molecule has 2 saturated heterocycles. The molecule has 0 saturated carbocycles. The first kappa shape index (κ1) is 10.9. The van der Waals surface area contributed by atoms with Gasteiger partial charge in [-0.25, -0.2) is 0 Å². The van der Waals surface area contributed by atoms with Crippen LogP contribution in [0.3, 0.4) is 0 Å². The summed E-state index contributed by atoms with van der Waals surface area (Å²) in [7, 11) is 4.21.